The van der Waals surface area contributed by atoms with Crippen molar-refractivity contribution in [2.24, 2.45) is 5.41 Å². The molecule has 78 valence electrons. The summed E-state index contributed by atoms with van der Waals surface area (Å²) in [6.07, 6.45) is 2.35. The van der Waals surface area contributed by atoms with Crippen LogP contribution in [0.3, 0.4) is 0 Å². The van der Waals surface area contributed by atoms with Crippen LogP contribution in [0.25, 0.3) is 0 Å². The van der Waals surface area contributed by atoms with E-state index in [9.17, 15) is 9.32 Å². The second-order valence-electron chi connectivity index (χ2n) is 4.36. The Balaban J connectivity index is 2.21. The van der Waals surface area contributed by atoms with Gasteiger partial charge < -0.3 is 10.4 Å². The molecular formula is C9H19NO2S. The minimum absolute atomic E-state index is 0.0186. The van der Waals surface area contributed by atoms with Gasteiger partial charge in [0.1, 0.15) is 0 Å². The van der Waals surface area contributed by atoms with Crippen LogP contribution in [0, 0.1) is 5.41 Å². The SMILES string of the molecule is CS(=O)CCNC1CC(O)C1(C)C. The summed E-state index contributed by atoms with van der Waals surface area (Å²) in [7, 11) is -0.718. The summed E-state index contributed by atoms with van der Waals surface area (Å²) in [6, 6.07) is 0.381. The molecule has 0 heterocycles. The molecule has 13 heavy (non-hydrogen) atoms. The summed E-state index contributed by atoms with van der Waals surface area (Å²) < 4.78 is 10.8. The van der Waals surface area contributed by atoms with Crippen LogP contribution in [0.15, 0.2) is 0 Å². The van der Waals surface area contributed by atoms with Gasteiger partial charge >= 0.3 is 0 Å². The maximum absolute atomic E-state index is 10.8. The van der Waals surface area contributed by atoms with Gasteiger partial charge in [0.15, 0.2) is 0 Å². The minimum atomic E-state index is -0.718. The summed E-state index contributed by atoms with van der Waals surface area (Å²) in [5.74, 6) is 0.697. The van der Waals surface area contributed by atoms with Gasteiger partial charge in [-0.2, -0.15) is 0 Å². The molecule has 1 aliphatic carbocycles. The Labute approximate surface area is 82.4 Å². The fourth-order valence-corrected chi connectivity index (χ4v) is 2.03. The zero-order valence-corrected chi connectivity index (χ0v) is 9.36. The van der Waals surface area contributed by atoms with Crippen LogP contribution in [0.2, 0.25) is 0 Å². The molecular weight excluding hydrogens is 186 g/mol. The highest BCUT2D eigenvalue weighted by Crippen LogP contribution is 2.40. The molecule has 0 aromatic heterocycles. The summed E-state index contributed by atoms with van der Waals surface area (Å²) in [4.78, 5) is 0. The van der Waals surface area contributed by atoms with E-state index in [2.05, 4.69) is 19.2 Å². The predicted molar refractivity (Wildman–Crippen MR) is 55.1 cm³/mol. The standard InChI is InChI=1S/C9H19NO2S/c1-9(2)7(6-8(9)11)10-4-5-13(3)12/h7-8,10-11H,4-6H2,1-3H3. The second-order valence-corrected chi connectivity index (χ2v) is 5.91. The Morgan fingerprint density at radius 3 is 2.62 bits per heavy atom. The van der Waals surface area contributed by atoms with Crippen LogP contribution in [0.1, 0.15) is 20.3 Å². The molecule has 0 radical (unpaired) electrons. The topological polar surface area (TPSA) is 49.3 Å². The normalized spacial score (nSPS) is 33.8. The molecule has 0 spiro atoms. The van der Waals surface area contributed by atoms with Gasteiger partial charge in [0.05, 0.1) is 6.10 Å². The van der Waals surface area contributed by atoms with Gasteiger partial charge in [-0.25, -0.2) is 0 Å². The van der Waals surface area contributed by atoms with Crippen molar-refractivity contribution in [3.8, 4) is 0 Å². The van der Waals surface area contributed by atoms with Gasteiger partial charge in [-0.15, -0.1) is 0 Å². The van der Waals surface area contributed by atoms with E-state index in [4.69, 9.17) is 0 Å². The molecule has 0 bridgehead atoms. The highest BCUT2D eigenvalue weighted by atomic mass is 32.2. The van der Waals surface area contributed by atoms with E-state index in [0.29, 0.717) is 11.8 Å². The van der Waals surface area contributed by atoms with E-state index in [1.54, 1.807) is 6.26 Å². The van der Waals surface area contributed by atoms with Crippen molar-refractivity contribution >= 4 is 10.8 Å². The maximum atomic E-state index is 10.8. The molecule has 3 unspecified atom stereocenters. The minimum Gasteiger partial charge on any atom is -0.392 e. The van der Waals surface area contributed by atoms with Crippen molar-refractivity contribution in [1.29, 1.82) is 0 Å². The van der Waals surface area contributed by atoms with Gasteiger partial charge in [-0.1, -0.05) is 13.8 Å². The molecule has 1 rings (SSSR count). The Bertz CT molecular complexity index is 206. The average Bonchev–Trinajstić information content (AvgIpc) is 2.02. The number of rotatable bonds is 4. The molecule has 1 fully saturated rings. The Kier molecular flexibility index (Phi) is 3.49. The van der Waals surface area contributed by atoms with Gasteiger partial charge in [0.2, 0.25) is 0 Å². The van der Waals surface area contributed by atoms with Crippen molar-refractivity contribution in [3.63, 3.8) is 0 Å². The summed E-state index contributed by atoms with van der Waals surface area (Å²) in [5, 5.41) is 12.8. The first kappa shape index (κ1) is 11.1. The van der Waals surface area contributed by atoms with E-state index in [1.165, 1.54) is 0 Å². The summed E-state index contributed by atoms with van der Waals surface area (Å²) in [6.45, 7) is 4.90. The van der Waals surface area contributed by atoms with Crippen molar-refractivity contribution in [1.82, 2.24) is 5.32 Å². The van der Waals surface area contributed by atoms with Crippen LogP contribution in [-0.2, 0) is 10.8 Å². The third kappa shape index (κ3) is 2.51. The fraction of sp³-hybridized carbons (Fsp3) is 1.00. The predicted octanol–water partition coefficient (Wildman–Crippen LogP) is 0.114. The molecule has 1 saturated carbocycles. The lowest BCUT2D eigenvalue weighted by Gasteiger charge is -2.49. The molecule has 0 saturated heterocycles. The van der Waals surface area contributed by atoms with E-state index < -0.39 is 10.8 Å². The van der Waals surface area contributed by atoms with E-state index in [-0.39, 0.29) is 11.5 Å². The number of aliphatic hydroxyl groups excluding tert-OH is 1. The number of nitrogens with one attached hydrogen (secondary N) is 1. The first-order valence-electron chi connectivity index (χ1n) is 4.66. The summed E-state index contributed by atoms with van der Waals surface area (Å²) >= 11 is 0. The lowest BCUT2D eigenvalue weighted by molar-refractivity contribution is -0.0716. The monoisotopic (exact) mass is 205 g/mol. The second kappa shape index (κ2) is 4.07. The Morgan fingerprint density at radius 2 is 2.23 bits per heavy atom. The lowest BCUT2D eigenvalue weighted by atomic mass is 9.64. The van der Waals surface area contributed by atoms with Crippen LogP contribution in [0.5, 0.6) is 0 Å². The highest BCUT2D eigenvalue weighted by molar-refractivity contribution is 7.84. The number of hydrogen-bond donors (Lipinski definition) is 2. The molecule has 0 aromatic rings. The fourth-order valence-electron chi connectivity index (χ4n) is 1.63. The maximum Gasteiger partial charge on any atom is 0.0621 e. The quantitative estimate of drug-likeness (QED) is 0.685. The largest absolute Gasteiger partial charge is 0.392 e. The third-order valence-corrected chi connectivity index (χ3v) is 3.78. The Morgan fingerprint density at radius 1 is 1.62 bits per heavy atom. The molecule has 3 atom stereocenters. The molecule has 1 aliphatic rings. The van der Waals surface area contributed by atoms with Crippen LogP contribution >= 0.6 is 0 Å². The van der Waals surface area contributed by atoms with Crippen molar-refractivity contribution in [2.75, 3.05) is 18.6 Å². The van der Waals surface area contributed by atoms with Crippen LogP contribution in [-0.4, -0.2) is 40.0 Å². The zero-order chi connectivity index (χ0) is 10.1. The summed E-state index contributed by atoms with van der Waals surface area (Å²) in [5.41, 5.74) is -0.0186. The van der Waals surface area contributed by atoms with Crippen molar-refractivity contribution in [3.05, 3.63) is 0 Å². The lowest BCUT2D eigenvalue weighted by Crippen LogP contribution is -2.60. The number of hydrogen-bond acceptors (Lipinski definition) is 3. The number of aliphatic hydroxyl groups is 1. The zero-order valence-electron chi connectivity index (χ0n) is 8.54. The van der Waals surface area contributed by atoms with E-state index >= 15 is 0 Å². The molecule has 3 nitrogen and oxygen atoms in total. The van der Waals surface area contributed by atoms with E-state index in [0.717, 1.165) is 13.0 Å². The average molecular weight is 205 g/mol. The first-order valence-corrected chi connectivity index (χ1v) is 6.39. The molecule has 4 heteroatoms. The van der Waals surface area contributed by atoms with Gasteiger partial charge in [-0.05, 0) is 6.42 Å². The van der Waals surface area contributed by atoms with Gasteiger partial charge in [-0.3, -0.25) is 4.21 Å². The van der Waals surface area contributed by atoms with Crippen molar-refractivity contribution in [2.45, 2.75) is 32.4 Å². The Hall–Kier alpha value is 0.0700. The molecule has 2 N–H and O–H groups in total. The first-order chi connectivity index (χ1) is 5.94. The van der Waals surface area contributed by atoms with Crippen molar-refractivity contribution < 1.29 is 9.32 Å². The highest BCUT2D eigenvalue weighted by Gasteiger charge is 2.46. The van der Waals surface area contributed by atoms with Gasteiger partial charge in [0.25, 0.3) is 0 Å². The molecule has 0 amide bonds. The van der Waals surface area contributed by atoms with Crippen LogP contribution in [0.4, 0.5) is 0 Å². The molecule has 0 aliphatic heterocycles. The van der Waals surface area contributed by atoms with Gasteiger partial charge in [0, 0.05) is 40.8 Å². The smallest absolute Gasteiger partial charge is 0.0621 e. The molecule has 0 aromatic carbocycles. The van der Waals surface area contributed by atoms with Crippen LogP contribution < -0.4 is 5.32 Å². The third-order valence-electron chi connectivity index (χ3n) is 3.00. The van der Waals surface area contributed by atoms with E-state index in [1.807, 2.05) is 0 Å².